The monoisotopic (exact) mass is 705 g/mol. The van der Waals surface area contributed by atoms with Crippen LogP contribution in [0.5, 0.6) is 0 Å². The van der Waals surface area contributed by atoms with Crippen LogP contribution in [0.2, 0.25) is 0 Å². The third-order valence-corrected chi connectivity index (χ3v) is 10.2. The number of hydrogen-bond acceptors (Lipinski definition) is 8. The summed E-state index contributed by atoms with van der Waals surface area (Å²) in [5.74, 6) is 1.13. The third kappa shape index (κ3) is 5.82. The van der Waals surface area contributed by atoms with E-state index in [9.17, 15) is 5.26 Å². The van der Waals surface area contributed by atoms with E-state index in [1.54, 1.807) is 6.20 Å². The molecule has 0 bridgehead atoms. The first-order valence-electron chi connectivity index (χ1n) is 14.9. The number of nitrogens with zero attached hydrogens (tertiary/aromatic N) is 8. The first-order chi connectivity index (χ1) is 22.0. The lowest BCUT2D eigenvalue weighted by Crippen LogP contribution is -2.57. The van der Waals surface area contributed by atoms with Gasteiger partial charge in [0, 0.05) is 49.2 Å². The van der Waals surface area contributed by atoms with Crippen LogP contribution in [0.15, 0.2) is 100 Å². The maximum Gasteiger partial charge on any atom is 0.165 e. The second-order valence-corrected chi connectivity index (χ2v) is 13.7. The fourth-order valence-corrected chi connectivity index (χ4v) is 8.69. The minimum atomic E-state index is -0.320. The first-order valence-corrected chi connectivity index (χ1v) is 17.2. The lowest BCUT2D eigenvalue weighted by atomic mass is 10.1. The summed E-state index contributed by atoms with van der Waals surface area (Å²) in [6, 6.07) is 29.5. The molecule has 9 nitrogen and oxygen atoms in total. The Morgan fingerprint density at radius 1 is 0.933 bits per heavy atom. The number of nitrogens with two attached hydrogens (primary N) is 1. The molecular formula is C35H32IN9. The average molecular weight is 706 g/mol. The molecule has 3 aromatic heterocycles. The molecule has 0 saturated carbocycles. The Morgan fingerprint density at radius 3 is 2.44 bits per heavy atom. The molecule has 1 fully saturated rings. The fraction of sp³-hybridized carbons (Fsp3) is 0.200. The maximum absolute atomic E-state index is 9.35. The number of allylic oxidation sites excluding steroid dienone is 1. The molecule has 10 heteroatoms. The number of aromatic nitrogens is 4. The molecule has 0 unspecified atom stereocenters. The number of fused-ring (bicyclic) bond motifs is 1. The van der Waals surface area contributed by atoms with Gasteiger partial charge in [-0.1, -0.05) is 63.2 Å². The van der Waals surface area contributed by atoms with Gasteiger partial charge in [0.2, 0.25) is 0 Å². The van der Waals surface area contributed by atoms with Gasteiger partial charge in [-0.2, -0.15) is 5.26 Å². The minimum Gasteiger partial charge on any atom is -0.383 e. The minimum absolute atomic E-state index is 0.313. The molecule has 0 radical (unpaired) electrons. The molecule has 2 aliphatic rings. The number of nitriles is 1. The van der Waals surface area contributed by atoms with E-state index in [-0.39, 0.29) is 20.7 Å². The van der Waals surface area contributed by atoms with Crippen molar-refractivity contribution < 1.29 is 0 Å². The Hall–Kier alpha value is -4.57. The van der Waals surface area contributed by atoms with Crippen molar-refractivity contribution in [2.24, 2.45) is 4.99 Å². The smallest absolute Gasteiger partial charge is 0.165 e. The quantitative estimate of drug-likeness (QED) is 0.210. The van der Waals surface area contributed by atoms with Crippen LogP contribution in [0.4, 0.5) is 5.82 Å². The zero-order valence-electron chi connectivity index (χ0n) is 25.0. The molecular weight excluding hydrogens is 673 g/mol. The molecule has 7 rings (SSSR count). The normalized spacial score (nSPS) is 19.0. The summed E-state index contributed by atoms with van der Waals surface area (Å²) in [5.41, 5.74) is 13.3. The topological polar surface area (TPSA) is 112 Å². The van der Waals surface area contributed by atoms with Gasteiger partial charge in [-0.05, 0) is 66.0 Å². The van der Waals surface area contributed by atoms with Gasteiger partial charge in [0.25, 0.3) is 0 Å². The Morgan fingerprint density at radius 2 is 1.71 bits per heavy atom. The Balaban J connectivity index is 1.18. The van der Waals surface area contributed by atoms with Crippen LogP contribution in [0.25, 0.3) is 39.5 Å². The summed E-state index contributed by atoms with van der Waals surface area (Å²) in [5, 5.41) is 9.35. The number of rotatable bonds is 6. The summed E-state index contributed by atoms with van der Waals surface area (Å²) < 4.78 is 5.32. The molecule has 45 heavy (non-hydrogen) atoms. The third-order valence-electron chi connectivity index (χ3n) is 8.17. The molecule has 5 heterocycles. The van der Waals surface area contributed by atoms with Gasteiger partial charge < -0.3 is 5.73 Å². The van der Waals surface area contributed by atoms with Crippen molar-refractivity contribution in [1.29, 1.82) is 5.26 Å². The molecule has 2 aliphatic heterocycles. The van der Waals surface area contributed by atoms with Crippen molar-refractivity contribution in [3.63, 3.8) is 0 Å². The van der Waals surface area contributed by atoms with Crippen molar-refractivity contribution in [2.75, 3.05) is 18.8 Å². The Labute approximate surface area is 272 Å². The van der Waals surface area contributed by atoms with Crippen molar-refractivity contribution in [3.8, 4) is 34.4 Å². The number of nitrogen functional groups attached to an aromatic ring is 1. The van der Waals surface area contributed by atoms with Gasteiger partial charge in [-0.3, -0.25) is 9.47 Å². The fourth-order valence-electron chi connectivity index (χ4n) is 6.18. The van der Waals surface area contributed by atoms with Gasteiger partial charge in [0.05, 0.1) is 11.3 Å². The highest BCUT2D eigenvalue weighted by atomic mass is 127. The predicted octanol–water partition coefficient (Wildman–Crippen LogP) is 6.18. The average Bonchev–Trinajstić information content (AvgIpc) is 3.44. The highest BCUT2D eigenvalue weighted by Gasteiger charge is 2.32. The van der Waals surface area contributed by atoms with E-state index in [0.717, 1.165) is 57.1 Å². The summed E-state index contributed by atoms with van der Waals surface area (Å²) >= 11 is -0.320. The number of hydrogen-bond donors (Lipinski definition) is 1. The lowest BCUT2D eigenvalue weighted by molar-refractivity contribution is 0.0886. The zero-order chi connectivity index (χ0) is 30.9. The number of anilines is 1. The van der Waals surface area contributed by atoms with Crippen molar-refractivity contribution in [2.45, 2.75) is 32.5 Å². The van der Waals surface area contributed by atoms with Crippen LogP contribution >= 0.6 is 20.7 Å². The SMILES string of the molecule is C[C@H]1CN(Cc2ccc(-n3c(-c4cccnc4N)nc4ccc(-c5ccccc5)nc43)cc2)C[C@H](C)N1C1=IC=CC(C#N)=N1. The number of imidazole rings is 1. The van der Waals surface area contributed by atoms with E-state index >= 15 is 0 Å². The van der Waals surface area contributed by atoms with Gasteiger partial charge in [-0.15, -0.1) is 0 Å². The summed E-state index contributed by atoms with van der Waals surface area (Å²) in [6.07, 6.45) is 3.54. The van der Waals surface area contributed by atoms with E-state index in [1.165, 1.54) is 5.56 Å². The van der Waals surface area contributed by atoms with Gasteiger partial charge in [0.15, 0.2) is 11.5 Å². The molecule has 2 aromatic carbocycles. The first kappa shape index (κ1) is 29.2. The molecule has 0 spiro atoms. The van der Waals surface area contributed by atoms with E-state index in [1.807, 2.05) is 48.5 Å². The largest absolute Gasteiger partial charge is 0.383 e. The molecule has 2 N–H and O–H groups in total. The molecule has 0 aliphatic carbocycles. The summed E-state index contributed by atoms with van der Waals surface area (Å²) in [6.45, 7) is 7.24. The molecule has 224 valence electrons. The van der Waals surface area contributed by atoms with Crippen molar-refractivity contribution in [3.05, 3.63) is 101 Å². The second-order valence-electron chi connectivity index (χ2n) is 11.4. The number of aliphatic imine (C=N–C) groups is 1. The standard InChI is InChI=1S/C35H32IN9/c1-23-20-43(21-24(2)44(23)35-36-17-16-27(19-37)40-35)22-25-10-12-28(13-11-25)45-33(29-9-6-18-39-32(29)38)42-31-15-14-30(41-34(31)45)26-7-4-3-5-8-26/h3-18,23-24H,20-22H2,1-2H3,(H2,38,39)/t23-,24-/m0/s1. The Kier molecular flexibility index (Phi) is 8.06. The van der Waals surface area contributed by atoms with Crippen LogP contribution in [-0.4, -0.2) is 64.0 Å². The summed E-state index contributed by atoms with van der Waals surface area (Å²) in [7, 11) is 0. The van der Waals surface area contributed by atoms with Crippen LogP contribution in [0.1, 0.15) is 19.4 Å². The van der Waals surface area contributed by atoms with E-state index in [2.05, 4.69) is 84.7 Å². The van der Waals surface area contributed by atoms with Crippen molar-refractivity contribution in [1.82, 2.24) is 29.3 Å². The number of benzene rings is 2. The van der Waals surface area contributed by atoms with Crippen LogP contribution < -0.4 is 5.73 Å². The van der Waals surface area contributed by atoms with Crippen LogP contribution in [-0.2, 0) is 6.54 Å². The van der Waals surface area contributed by atoms with Crippen molar-refractivity contribution >= 4 is 47.2 Å². The van der Waals surface area contributed by atoms with Gasteiger partial charge in [-0.25, -0.2) is 24.8 Å². The van der Waals surface area contributed by atoms with Gasteiger partial charge >= 0.3 is 0 Å². The van der Waals surface area contributed by atoms with Gasteiger partial charge in [0.1, 0.15) is 26.9 Å². The molecule has 0 amide bonds. The van der Waals surface area contributed by atoms with Crippen LogP contribution in [0, 0.1) is 11.3 Å². The van der Waals surface area contributed by atoms with Crippen LogP contribution in [0.3, 0.4) is 0 Å². The predicted molar refractivity (Wildman–Crippen MR) is 189 cm³/mol. The highest BCUT2D eigenvalue weighted by molar-refractivity contribution is 14.2. The number of pyridine rings is 2. The van der Waals surface area contributed by atoms with E-state index in [4.69, 9.17) is 15.7 Å². The lowest BCUT2D eigenvalue weighted by Gasteiger charge is -2.44. The van der Waals surface area contributed by atoms with E-state index < -0.39 is 0 Å². The number of piperazine rings is 1. The molecule has 5 aromatic rings. The highest BCUT2D eigenvalue weighted by Crippen LogP contribution is 2.32. The molecule has 2 atom stereocenters. The molecule has 1 saturated heterocycles. The Bertz CT molecular complexity index is 1990. The van der Waals surface area contributed by atoms with E-state index in [0.29, 0.717) is 29.4 Å². The zero-order valence-corrected chi connectivity index (χ0v) is 27.2. The maximum atomic E-state index is 9.35. The summed E-state index contributed by atoms with van der Waals surface area (Å²) in [4.78, 5) is 24.0. The number of halogens is 1. The second kappa shape index (κ2) is 12.4.